The highest BCUT2D eigenvalue weighted by atomic mass is 19.4. The van der Waals surface area contributed by atoms with Crippen LogP contribution < -0.4 is 5.32 Å². The van der Waals surface area contributed by atoms with Crippen LogP contribution in [0.1, 0.15) is 36.3 Å². The van der Waals surface area contributed by atoms with Gasteiger partial charge in [0, 0.05) is 31.6 Å². The Kier molecular flexibility index (Phi) is 6.28. The Balaban J connectivity index is 1.91. The van der Waals surface area contributed by atoms with Crippen LogP contribution in [-0.4, -0.2) is 47.4 Å². The minimum atomic E-state index is -4.96. The Morgan fingerprint density at radius 3 is 2.50 bits per heavy atom. The third-order valence-corrected chi connectivity index (χ3v) is 5.01. The molecule has 3 rings (SSSR count). The van der Waals surface area contributed by atoms with Crippen molar-refractivity contribution in [1.29, 1.82) is 0 Å². The first-order valence-corrected chi connectivity index (χ1v) is 9.24. The Morgan fingerprint density at radius 2 is 1.93 bits per heavy atom. The van der Waals surface area contributed by atoms with Gasteiger partial charge in [-0.1, -0.05) is 12.1 Å². The lowest BCUT2D eigenvalue weighted by Crippen LogP contribution is -2.36. The van der Waals surface area contributed by atoms with Crippen molar-refractivity contribution in [2.45, 2.75) is 43.9 Å². The highest BCUT2D eigenvalue weighted by Gasteiger charge is 2.38. The maximum Gasteiger partial charge on any atom is 0.433 e. The van der Waals surface area contributed by atoms with Gasteiger partial charge in [0.15, 0.2) is 0 Å². The second kappa shape index (κ2) is 8.29. The summed E-state index contributed by atoms with van der Waals surface area (Å²) in [6.07, 6.45) is -10.6. The van der Waals surface area contributed by atoms with Crippen LogP contribution in [0.15, 0.2) is 24.3 Å². The molecule has 3 unspecified atom stereocenters. The SMILES string of the molecule is CC1CC(CNCC(O)c2cc(C(F)(F)F)nc3c(C(F)(F)F)cccc23)N(C)O1. The molecule has 1 aromatic carbocycles. The smallest absolute Gasteiger partial charge is 0.387 e. The van der Waals surface area contributed by atoms with E-state index in [0.29, 0.717) is 18.7 Å². The van der Waals surface area contributed by atoms with Gasteiger partial charge in [-0.05, 0) is 31.0 Å². The molecule has 3 atom stereocenters. The summed E-state index contributed by atoms with van der Waals surface area (Å²) >= 11 is 0. The average molecular weight is 437 g/mol. The maximum absolute atomic E-state index is 13.3. The van der Waals surface area contributed by atoms with Crippen LogP contribution in [0.25, 0.3) is 10.9 Å². The number of aliphatic hydroxyl groups excluding tert-OH is 1. The van der Waals surface area contributed by atoms with Crippen molar-refractivity contribution >= 4 is 10.9 Å². The summed E-state index contributed by atoms with van der Waals surface area (Å²) in [6.45, 7) is 2.14. The molecule has 11 heteroatoms. The number of benzene rings is 1. The predicted octanol–water partition coefficient (Wildman–Crippen LogP) is 3.92. The summed E-state index contributed by atoms with van der Waals surface area (Å²) in [5.74, 6) is 0. The average Bonchev–Trinajstić information content (AvgIpc) is 2.95. The first-order valence-electron chi connectivity index (χ1n) is 9.24. The van der Waals surface area contributed by atoms with E-state index in [9.17, 15) is 31.4 Å². The number of alkyl halides is 6. The van der Waals surface area contributed by atoms with Gasteiger partial charge in [-0.3, -0.25) is 4.84 Å². The van der Waals surface area contributed by atoms with Crippen molar-refractivity contribution in [2.24, 2.45) is 0 Å². The van der Waals surface area contributed by atoms with Gasteiger partial charge in [-0.2, -0.15) is 31.4 Å². The van der Waals surface area contributed by atoms with Crippen LogP contribution in [0.3, 0.4) is 0 Å². The number of halogens is 6. The van der Waals surface area contributed by atoms with E-state index in [4.69, 9.17) is 4.84 Å². The van der Waals surface area contributed by atoms with E-state index in [1.165, 1.54) is 6.07 Å². The van der Waals surface area contributed by atoms with Crippen molar-refractivity contribution in [2.75, 3.05) is 20.1 Å². The zero-order valence-corrected chi connectivity index (χ0v) is 16.2. The van der Waals surface area contributed by atoms with Gasteiger partial charge in [0.25, 0.3) is 0 Å². The molecule has 1 fully saturated rings. The van der Waals surface area contributed by atoms with E-state index >= 15 is 0 Å². The van der Waals surface area contributed by atoms with Crippen molar-refractivity contribution < 1.29 is 36.3 Å². The Labute approximate surface area is 168 Å². The van der Waals surface area contributed by atoms with Crippen LogP contribution in [0.4, 0.5) is 26.3 Å². The van der Waals surface area contributed by atoms with E-state index in [1.54, 1.807) is 12.1 Å². The number of aliphatic hydroxyl groups is 1. The second-order valence-electron chi connectivity index (χ2n) is 7.32. The van der Waals surface area contributed by atoms with Gasteiger partial charge in [0.2, 0.25) is 0 Å². The third kappa shape index (κ3) is 4.85. The first kappa shape index (κ1) is 22.7. The molecule has 0 spiro atoms. The molecule has 2 heterocycles. The Bertz CT molecular complexity index is 902. The molecule has 2 aromatic rings. The number of hydrogen-bond donors (Lipinski definition) is 2. The summed E-state index contributed by atoms with van der Waals surface area (Å²) in [6, 6.07) is 3.57. The molecule has 1 saturated heterocycles. The van der Waals surface area contributed by atoms with Crippen LogP contribution in [0.5, 0.6) is 0 Å². The predicted molar refractivity (Wildman–Crippen MR) is 96.3 cm³/mol. The number of para-hydroxylation sites is 1. The zero-order valence-electron chi connectivity index (χ0n) is 16.2. The Morgan fingerprint density at radius 1 is 1.23 bits per heavy atom. The lowest BCUT2D eigenvalue weighted by Gasteiger charge is -2.21. The topological polar surface area (TPSA) is 57.6 Å². The molecule has 1 aliphatic rings. The number of likely N-dealkylation sites (N-methyl/N-ethyl adjacent to an activating group) is 1. The van der Waals surface area contributed by atoms with Gasteiger partial charge >= 0.3 is 12.4 Å². The molecular formula is C19H21F6N3O2. The van der Waals surface area contributed by atoms with Gasteiger partial charge in [0.1, 0.15) is 5.69 Å². The minimum Gasteiger partial charge on any atom is -0.387 e. The van der Waals surface area contributed by atoms with Gasteiger partial charge in [0.05, 0.1) is 23.3 Å². The van der Waals surface area contributed by atoms with Crippen LogP contribution in [0, 0.1) is 0 Å². The van der Waals surface area contributed by atoms with Gasteiger partial charge in [-0.25, -0.2) is 4.98 Å². The molecule has 30 heavy (non-hydrogen) atoms. The molecule has 0 bridgehead atoms. The van der Waals surface area contributed by atoms with E-state index in [1.807, 2.05) is 6.92 Å². The molecule has 1 aromatic heterocycles. The van der Waals surface area contributed by atoms with Crippen molar-refractivity contribution in [1.82, 2.24) is 15.4 Å². The summed E-state index contributed by atoms with van der Waals surface area (Å²) in [5, 5.41) is 14.9. The van der Waals surface area contributed by atoms with Gasteiger partial charge in [-0.15, -0.1) is 0 Å². The first-order chi connectivity index (χ1) is 13.9. The van der Waals surface area contributed by atoms with Crippen molar-refractivity contribution in [3.63, 3.8) is 0 Å². The summed E-state index contributed by atoms with van der Waals surface area (Å²) < 4.78 is 79.7. The van der Waals surface area contributed by atoms with Crippen LogP contribution >= 0.6 is 0 Å². The number of hydroxylamine groups is 2. The van der Waals surface area contributed by atoms with E-state index in [0.717, 1.165) is 12.5 Å². The summed E-state index contributed by atoms with van der Waals surface area (Å²) in [4.78, 5) is 8.68. The van der Waals surface area contributed by atoms with Gasteiger partial charge < -0.3 is 10.4 Å². The van der Waals surface area contributed by atoms with Crippen molar-refractivity contribution in [3.8, 4) is 0 Å². The largest absolute Gasteiger partial charge is 0.433 e. The fourth-order valence-electron chi connectivity index (χ4n) is 3.58. The molecule has 5 nitrogen and oxygen atoms in total. The molecule has 2 N–H and O–H groups in total. The number of aromatic nitrogens is 1. The lowest BCUT2D eigenvalue weighted by molar-refractivity contribution is -0.142. The number of hydrogen-bond acceptors (Lipinski definition) is 5. The maximum atomic E-state index is 13.3. The van der Waals surface area contributed by atoms with Crippen molar-refractivity contribution in [3.05, 3.63) is 41.1 Å². The molecule has 0 aliphatic carbocycles. The number of pyridine rings is 1. The number of nitrogens with one attached hydrogen (secondary N) is 1. The Hall–Kier alpha value is -1.95. The highest BCUT2D eigenvalue weighted by Crippen LogP contribution is 2.38. The monoisotopic (exact) mass is 437 g/mol. The fraction of sp³-hybridized carbons (Fsp3) is 0.526. The molecule has 166 valence electrons. The molecule has 0 saturated carbocycles. The third-order valence-electron chi connectivity index (χ3n) is 5.01. The second-order valence-corrected chi connectivity index (χ2v) is 7.32. The van der Waals surface area contributed by atoms with Crippen LogP contribution in [0.2, 0.25) is 0 Å². The van der Waals surface area contributed by atoms with E-state index in [2.05, 4.69) is 10.3 Å². The highest BCUT2D eigenvalue weighted by molar-refractivity contribution is 5.86. The zero-order chi connectivity index (χ0) is 22.3. The number of fused-ring (bicyclic) bond motifs is 1. The number of rotatable bonds is 5. The normalized spacial score (nSPS) is 22.0. The minimum absolute atomic E-state index is 0.00366. The van der Waals surface area contributed by atoms with Crippen LogP contribution in [-0.2, 0) is 17.2 Å². The molecule has 1 aliphatic heterocycles. The van der Waals surface area contributed by atoms with E-state index < -0.39 is 35.2 Å². The molecule has 0 amide bonds. The lowest BCUT2D eigenvalue weighted by atomic mass is 9.99. The summed E-state index contributed by atoms with van der Waals surface area (Å²) in [5.41, 5.74) is -3.88. The fourth-order valence-corrected chi connectivity index (χ4v) is 3.58. The standard InChI is InChI=1S/C19H21F6N3O2/c1-10-6-11(28(2)30-10)8-26-9-15(29)13-7-16(19(23,24)25)27-17-12(13)4-3-5-14(17)18(20,21)22/h3-5,7,10-11,15,26,29H,6,8-9H2,1-2H3. The molecule has 0 radical (unpaired) electrons. The molecular weight excluding hydrogens is 416 g/mol. The number of nitrogens with zero attached hydrogens (tertiary/aromatic N) is 2. The summed E-state index contributed by atoms with van der Waals surface area (Å²) in [7, 11) is 1.75. The quantitative estimate of drug-likeness (QED) is 0.695. The van der Waals surface area contributed by atoms with E-state index in [-0.39, 0.29) is 29.6 Å².